The van der Waals surface area contributed by atoms with Crippen molar-refractivity contribution in [3.05, 3.63) is 35.9 Å². The minimum Gasteiger partial charge on any atom is -0.480 e. The summed E-state index contributed by atoms with van der Waals surface area (Å²) in [5.74, 6) is -2.77. The van der Waals surface area contributed by atoms with Crippen LogP contribution >= 0.6 is 0 Å². The molecule has 1 aromatic rings. The second kappa shape index (κ2) is 10.3. The lowest BCUT2D eigenvalue weighted by atomic mass is 10.0. The van der Waals surface area contributed by atoms with Gasteiger partial charge in [-0.2, -0.15) is 0 Å². The zero-order chi connectivity index (χ0) is 19.7. The van der Waals surface area contributed by atoms with Gasteiger partial charge in [0.25, 0.3) is 0 Å². The second-order valence-corrected chi connectivity index (χ2v) is 6.06. The van der Waals surface area contributed by atoms with Crippen LogP contribution in [0, 0.1) is 5.92 Å². The summed E-state index contributed by atoms with van der Waals surface area (Å²) in [4.78, 5) is 35.2. The molecule has 26 heavy (non-hydrogen) atoms. The van der Waals surface area contributed by atoms with Gasteiger partial charge in [-0.25, -0.2) is 18.4 Å². The predicted molar refractivity (Wildman–Crippen MR) is 90.6 cm³/mol. The van der Waals surface area contributed by atoms with E-state index in [0.29, 0.717) is 0 Å². The highest BCUT2D eigenvalue weighted by Crippen LogP contribution is 2.07. The van der Waals surface area contributed by atoms with E-state index in [2.05, 4.69) is 10.6 Å². The van der Waals surface area contributed by atoms with Gasteiger partial charge in [0.15, 0.2) is 0 Å². The number of hydrogen-bond acceptors (Lipinski definition) is 3. The summed E-state index contributed by atoms with van der Waals surface area (Å²) in [6, 6.07) is 5.68. The van der Waals surface area contributed by atoms with Crippen molar-refractivity contribution < 1.29 is 28.3 Å². The van der Waals surface area contributed by atoms with E-state index in [1.165, 1.54) is 0 Å². The maximum absolute atomic E-state index is 12.4. The Morgan fingerprint density at radius 1 is 1.08 bits per heavy atom. The number of carboxylic acid groups (broad SMARTS) is 1. The maximum atomic E-state index is 12.4. The summed E-state index contributed by atoms with van der Waals surface area (Å²) in [6.45, 7) is 3.53. The fourth-order valence-electron chi connectivity index (χ4n) is 2.17. The van der Waals surface area contributed by atoms with E-state index in [0.717, 1.165) is 5.56 Å². The number of carbonyl (C=O) groups excluding carboxylic acids is 2. The Balaban J connectivity index is 2.64. The van der Waals surface area contributed by atoms with Crippen LogP contribution in [0.25, 0.3) is 0 Å². The van der Waals surface area contributed by atoms with Crippen LogP contribution in [-0.4, -0.2) is 41.5 Å². The largest absolute Gasteiger partial charge is 0.480 e. The zero-order valence-electron chi connectivity index (χ0n) is 14.5. The van der Waals surface area contributed by atoms with Crippen LogP contribution in [0.2, 0.25) is 0 Å². The molecule has 7 nitrogen and oxygen atoms in total. The molecule has 0 aliphatic carbocycles. The van der Waals surface area contributed by atoms with Crippen LogP contribution in [0.4, 0.5) is 13.6 Å². The van der Waals surface area contributed by atoms with Crippen molar-refractivity contribution in [2.45, 2.75) is 45.3 Å². The maximum Gasteiger partial charge on any atom is 0.326 e. The summed E-state index contributed by atoms with van der Waals surface area (Å²) in [6.07, 6.45) is -3.89. The van der Waals surface area contributed by atoms with Crippen molar-refractivity contribution in [3.63, 3.8) is 0 Å². The van der Waals surface area contributed by atoms with Gasteiger partial charge < -0.3 is 21.1 Å². The van der Waals surface area contributed by atoms with E-state index in [-0.39, 0.29) is 12.5 Å². The number of halogens is 2. The lowest BCUT2D eigenvalue weighted by molar-refractivity contribution is -0.143. The second-order valence-electron chi connectivity index (χ2n) is 6.06. The molecule has 4 N–H and O–H groups in total. The first kappa shape index (κ1) is 21.3. The highest BCUT2D eigenvalue weighted by molar-refractivity contribution is 5.90. The fraction of sp³-hybridized carbons (Fsp3) is 0.471. The van der Waals surface area contributed by atoms with Crippen molar-refractivity contribution in [1.29, 1.82) is 0 Å². The molecular weight excluding hydrogens is 348 g/mol. The predicted octanol–water partition coefficient (Wildman–Crippen LogP) is 1.74. The average molecular weight is 371 g/mol. The van der Waals surface area contributed by atoms with Gasteiger partial charge in [0.05, 0.1) is 0 Å². The van der Waals surface area contributed by atoms with Crippen LogP contribution in [-0.2, 0) is 16.1 Å². The Morgan fingerprint density at radius 3 is 2.19 bits per heavy atom. The molecule has 0 aliphatic heterocycles. The highest BCUT2D eigenvalue weighted by Gasteiger charge is 2.30. The number of nitrogens with one attached hydrogen (secondary N) is 3. The van der Waals surface area contributed by atoms with Crippen molar-refractivity contribution in [2.24, 2.45) is 5.92 Å². The normalized spacial score (nSPS) is 13.2. The van der Waals surface area contributed by atoms with Gasteiger partial charge in [-0.1, -0.05) is 44.2 Å². The number of rotatable bonds is 9. The Morgan fingerprint density at radius 2 is 1.69 bits per heavy atom. The number of aliphatic carboxylic acids is 1. The lowest BCUT2D eigenvalue weighted by Gasteiger charge is -2.24. The lowest BCUT2D eigenvalue weighted by Crippen LogP contribution is -2.55. The Bertz CT molecular complexity index is 611. The molecule has 0 aromatic heterocycles. The van der Waals surface area contributed by atoms with Crippen LogP contribution in [0.1, 0.15) is 25.8 Å². The molecule has 2 unspecified atom stereocenters. The van der Waals surface area contributed by atoms with E-state index in [1.54, 1.807) is 13.8 Å². The molecule has 144 valence electrons. The molecule has 0 bridgehead atoms. The third-order valence-corrected chi connectivity index (χ3v) is 3.56. The van der Waals surface area contributed by atoms with Crippen LogP contribution in [0.5, 0.6) is 0 Å². The van der Waals surface area contributed by atoms with Crippen LogP contribution in [0.15, 0.2) is 30.3 Å². The molecule has 0 aliphatic rings. The monoisotopic (exact) mass is 371 g/mol. The minimum atomic E-state index is -2.88. The van der Waals surface area contributed by atoms with Gasteiger partial charge >= 0.3 is 12.0 Å². The molecule has 3 amide bonds. The van der Waals surface area contributed by atoms with E-state index in [1.807, 2.05) is 35.6 Å². The van der Waals surface area contributed by atoms with Gasteiger partial charge in [0.1, 0.15) is 12.1 Å². The third-order valence-electron chi connectivity index (χ3n) is 3.56. The summed E-state index contributed by atoms with van der Waals surface area (Å²) in [5.41, 5.74) is 0.857. The average Bonchev–Trinajstić information content (AvgIpc) is 2.57. The molecule has 0 heterocycles. The molecule has 1 aromatic carbocycles. The molecule has 0 spiro atoms. The minimum absolute atomic E-state index is 0.238. The zero-order valence-corrected chi connectivity index (χ0v) is 14.5. The highest BCUT2D eigenvalue weighted by atomic mass is 19.3. The number of carboxylic acids is 1. The number of alkyl halides is 2. The fourth-order valence-corrected chi connectivity index (χ4v) is 2.17. The number of hydrogen-bond donors (Lipinski definition) is 4. The number of benzene rings is 1. The van der Waals surface area contributed by atoms with E-state index in [4.69, 9.17) is 5.11 Å². The third kappa shape index (κ3) is 7.45. The van der Waals surface area contributed by atoms with Gasteiger partial charge in [-0.05, 0) is 11.5 Å². The standard InChI is InChI=1S/C17H23F2N3O4/c1-10(2)14(15(23)21-12(16(24)25)8-13(18)19)22-17(26)20-9-11-6-4-3-5-7-11/h3-7,10,12-14H,8-9H2,1-2H3,(H,21,23)(H,24,25)(H2,20,22,26). The summed E-state index contributed by atoms with van der Waals surface area (Å²) < 4.78 is 24.9. The van der Waals surface area contributed by atoms with Crippen molar-refractivity contribution in [2.75, 3.05) is 0 Å². The Kier molecular flexibility index (Phi) is 8.47. The van der Waals surface area contributed by atoms with Gasteiger partial charge in [-0.15, -0.1) is 0 Å². The van der Waals surface area contributed by atoms with E-state index in [9.17, 15) is 23.2 Å². The first-order valence-electron chi connectivity index (χ1n) is 8.10. The number of amides is 3. The molecule has 0 saturated carbocycles. The molecule has 0 radical (unpaired) electrons. The smallest absolute Gasteiger partial charge is 0.326 e. The Labute approximate surface area is 150 Å². The summed E-state index contributed by atoms with van der Waals surface area (Å²) in [7, 11) is 0. The molecule has 0 fully saturated rings. The Hall–Kier alpha value is -2.71. The van der Waals surface area contributed by atoms with Crippen LogP contribution in [0.3, 0.4) is 0 Å². The van der Waals surface area contributed by atoms with Gasteiger partial charge in [0.2, 0.25) is 12.3 Å². The first-order valence-corrected chi connectivity index (χ1v) is 8.10. The summed E-state index contributed by atoms with van der Waals surface area (Å²) in [5, 5.41) is 16.0. The number of carbonyl (C=O) groups is 3. The molecule has 9 heteroatoms. The number of urea groups is 1. The first-order chi connectivity index (χ1) is 12.2. The van der Waals surface area contributed by atoms with Crippen molar-refractivity contribution >= 4 is 17.9 Å². The van der Waals surface area contributed by atoms with Crippen LogP contribution < -0.4 is 16.0 Å². The van der Waals surface area contributed by atoms with E-state index < -0.39 is 42.8 Å². The quantitative estimate of drug-likeness (QED) is 0.530. The van der Waals surface area contributed by atoms with Gasteiger partial charge in [0, 0.05) is 13.0 Å². The van der Waals surface area contributed by atoms with Crippen molar-refractivity contribution in [1.82, 2.24) is 16.0 Å². The molecular formula is C17H23F2N3O4. The van der Waals surface area contributed by atoms with E-state index >= 15 is 0 Å². The molecule has 1 rings (SSSR count). The topological polar surface area (TPSA) is 108 Å². The van der Waals surface area contributed by atoms with Gasteiger partial charge in [-0.3, -0.25) is 4.79 Å². The molecule has 2 atom stereocenters. The summed E-state index contributed by atoms with van der Waals surface area (Å²) >= 11 is 0. The SMILES string of the molecule is CC(C)C(NC(=O)NCc1ccccc1)C(=O)NC(CC(F)F)C(=O)O. The van der Waals surface area contributed by atoms with Crippen molar-refractivity contribution in [3.8, 4) is 0 Å². The molecule has 0 saturated heterocycles.